The van der Waals surface area contributed by atoms with E-state index in [2.05, 4.69) is 9.51 Å². The van der Waals surface area contributed by atoms with E-state index in [0.717, 1.165) is 5.56 Å². The van der Waals surface area contributed by atoms with Crippen LogP contribution in [0, 0.1) is 6.92 Å². The molecule has 0 aliphatic rings. The molecule has 22 heavy (non-hydrogen) atoms. The molecular formula is C15H16NO5P. The summed E-state index contributed by atoms with van der Waals surface area (Å²) in [4.78, 5) is 21.6. The van der Waals surface area contributed by atoms with Gasteiger partial charge in [0.1, 0.15) is 5.75 Å². The van der Waals surface area contributed by atoms with E-state index >= 15 is 0 Å². The van der Waals surface area contributed by atoms with Crippen LogP contribution in [0.15, 0.2) is 36.5 Å². The molecule has 0 bridgehead atoms. The Labute approximate surface area is 128 Å². The third-order valence-electron chi connectivity index (χ3n) is 2.99. The number of aromatic nitrogens is 1. The van der Waals surface area contributed by atoms with Gasteiger partial charge in [0.05, 0.1) is 12.3 Å². The summed E-state index contributed by atoms with van der Waals surface area (Å²) >= 11 is 0. The number of phosphoric ester groups is 1. The van der Waals surface area contributed by atoms with Crippen LogP contribution in [-0.4, -0.2) is 19.9 Å². The van der Waals surface area contributed by atoms with Crippen molar-refractivity contribution in [1.82, 2.24) is 4.98 Å². The van der Waals surface area contributed by atoms with Crippen molar-refractivity contribution in [3.05, 3.63) is 58.9 Å². The molecule has 0 amide bonds. The normalized spacial score (nSPS) is 12.0. The van der Waals surface area contributed by atoms with Gasteiger partial charge in [-0.2, -0.15) is 0 Å². The number of pyridine rings is 1. The maximum atomic E-state index is 10.8. The molecule has 0 saturated heterocycles. The Bertz CT molecular complexity index is 724. The molecule has 2 rings (SSSR count). The van der Waals surface area contributed by atoms with Crippen LogP contribution in [0.5, 0.6) is 5.75 Å². The molecule has 0 radical (unpaired) electrons. The molecule has 1 aromatic carbocycles. The number of phosphoric acid groups is 1. The second-order valence-electron chi connectivity index (χ2n) is 4.64. The lowest BCUT2D eigenvalue weighted by Crippen LogP contribution is -1.97. The van der Waals surface area contributed by atoms with Crippen molar-refractivity contribution >= 4 is 20.0 Å². The smallest absolute Gasteiger partial charge is 0.469 e. The fraction of sp³-hybridized carbons (Fsp3) is 0.133. The topological polar surface area (TPSA) is 99.9 Å². The van der Waals surface area contributed by atoms with Gasteiger partial charge in [-0.3, -0.25) is 9.51 Å². The summed E-state index contributed by atoms with van der Waals surface area (Å²) in [7, 11) is -4.59. The second-order valence-corrected chi connectivity index (χ2v) is 5.88. The minimum Gasteiger partial charge on any atom is -0.505 e. The molecule has 116 valence electrons. The van der Waals surface area contributed by atoms with Crippen LogP contribution in [0.25, 0.3) is 12.2 Å². The molecule has 0 unspecified atom stereocenters. The zero-order valence-electron chi connectivity index (χ0n) is 11.9. The lowest BCUT2D eigenvalue weighted by molar-refractivity contribution is 0.188. The Morgan fingerprint density at radius 3 is 2.55 bits per heavy atom. The summed E-state index contributed by atoms with van der Waals surface area (Å²) in [5, 5.41) is 10.1. The fourth-order valence-electron chi connectivity index (χ4n) is 1.85. The average Bonchev–Trinajstić information content (AvgIpc) is 2.47. The molecule has 0 aliphatic carbocycles. The Kier molecular flexibility index (Phi) is 5.11. The summed E-state index contributed by atoms with van der Waals surface area (Å²) in [5.41, 5.74) is 2.16. The second kappa shape index (κ2) is 6.85. The predicted molar refractivity (Wildman–Crippen MR) is 82.8 cm³/mol. The zero-order chi connectivity index (χ0) is 16.2. The molecule has 0 spiro atoms. The van der Waals surface area contributed by atoms with E-state index < -0.39 is 7.82 Å². The van der Waals surface area contributed by atoms with Crippen LogP contribution in [-0.2, 0) is 15.7 Å². The molecule has 0 fully saturated rings. The number of aromatic hydroxyl groups is 1. The maximum Gasteiger partial charge on any atom is 0.469 e. The van der Waals surface area contributed by atoms with Gasteiger partial charge >= 0.3 is 7.82 Å². The van der Waals surface area contributed by atoms with Crippen molar-refractivity contribution in [2.75, 3.05) is 0 Å². The Hall–Kier alpha value is -1.98. The van der Waals surface area contributed by atoms with Gasteiger partial charge < -0.3 is 14.9 Å². The van der Waals surface area contributed by atoms with E-state index in [1.807, 2.05) is 30.3 Å². The first-order valence-electron chi connectivity index (χ1n) is 6.47. The van der Waals surface area contributed by atoms with Crippen LogP contribution < -0.4 is 0 Å². The monoisotopic (exact) mass is 321 g/mol. The molecule has 2 aromatic rings. The predicted octanol–water partition coefficient (Wildman–Crippen LogP) is 2.88. The number of nitrogens with zero attached hydrogens (tertiary/aromatic N) is 1. The zero-order valence-corrected chi connectivity index (χ0v) is 12.8. The SMILES string of the molecule is Cc1ncc(COP(=O)(O)O)c(C=Cc2ccccc2)c1O. The highest BCUT2D eigenvalue weighted by Crippen LogP contribution is 2.38. The average molecular weight is 321 g/mol. The highest BCUT2D eigenvalue weighted by atomic mass is 31.2. The molecule has 0 atom stereocenters. The van der Waals surface area contributed by atoms with Crippen molar-refractivity contribution in [1.29, 1.82) is 0 Å². The molecule has 1 heterocycles. The highest BCUT2D eigenvalue weighted by molar-refractivity contribution is 7.46. The van der Waals surface area contributed by atoms with Gasteiger partial charge in [-0.1, -0.05) is 42.5 Å². The van der Waals surface area contributed by atoms with Gasteiger partial charge in [0, 0.05) is 17.3 Å². The van der Waals surface area contributed by atoms with Crippen LogP contribution >= 0.6 is 7.82 Å². The third kappa shape index (κ3) is 4.51. The van der Waals surface area contributed by atoms with E-state index in [-0.39, 0.29) is 12.4 Å². The van der Waals surface area contributed by atoms with E-state index in [0.29, 0.717) is 16.8 Å². The summed E-state index contributed by atoms with van der Waals surface area (Å²) in [6.07, 6.45) is 4.88. The van der Waals surface area contributed by atoms with E-state index in [1.165, 1.54) is 6.20 Å². The van der Waals surface area contributed by atoms with E-state index in [4.69, 9.17) is 9.79 Å². The Balaban J connectivity index is 2.33. The minimum absolute atomic E-state index is 0.0426. The van der Waals surface area contributed by atoms with Crippen LogP contribution in [0.2, 0.25) is 0 Å². The highest BCUT2D eigenvalue weighted by Gasteiger charge is 2.17. The van der Waals surface area contributed by atoms with Crippen molar-refractivity contribution < 1.29 is 24.0 Å². The van der Waals surface area contributed by atoms with Crippen LogP contribution in [0.3, 0.4) is 0 Å². The van der Waals surface area contributed by atoms with Gasteiger partial charge in [-0.05, 0) is 12.5 Å². The van der Waals surface area contributed by atoms with E-state index in [1.54, 1.807) is 19.1 Å². The van der Waals surface area contributed by atoms with Gasteiger partial charge in [-0.25, -0.2) is 4.57 Å². The van der Waals surface area contributed by atoms with Crippen molar-refractivity contribution in [3.8, 4) is 5.75 Å². The summed E-state index contributed by atoms with van der Waals surface area (Å²) in [5.74, 6) is -0.0426. The molecule has 1 aromatic heterocycles. The molecule has 0 aliphatic heterocycles. The molecule has 7 heteroatoms. The van der Waals surface area contributed by atoms with Crippen molar-refractivity contribution in [3.63, 3.8) is 0 Å². The van der Waals surface area contributed by atoms with E-state index in [9.17, 15) is 9.67 Å². The Morgan fingerprint density at radius 1 is 1.23 bits per heavy atom. The first-order chi connectivity index (χ1) is 10.4. The standard InChI is InChI=1S/C15H16NO5P/c1-11-15(17)14(8-7-12-5-3-2-4-6-12)13(9-16-11)10-21-22(18,19)20/h2-9,17H,10H2,1H3,(H2,18,19,20). The van der Waals surface area contributed by atoms with Gasteiger partial charge in [0.2, 0.25) is 0 Å². The fourth-order valence-corrected chi connectivity index (χ4v) is 2.16. The van der Waals surface area contributed by atoms with Gasteiger partial charge in [-0.15, -0.1) is 0 Å². The number of rotatable bonds is 5. The summed E-state index contributed by atoms with van der Waals surface area (Å²) in [6.45, 7) is 1.29. The lowest BCUT2D eigenvalue weighted by atomic mass is 10.1. The first kappa shape index (κ1) is 16.4. The Morgan fingerprint density at radius 2 is 1.91 bits per heavy atom. The number of hydrogen-bond acceptors (Lipinski definition) is 4. The summed E-state index contributed by atoms with van der Waals surface area (Å²) < 4.78 is 15.3. The van der Waals surface area contributed by atoms with Crippen molar-refractivity contribution in [2.45, 2.75) is 13.5 Å². The third-order valence-corrected chi connectivity index (χ3v) is 3.45. The van der Waals surface area contributed by atoms with Crippen LogP contribution in [0.4, 0.5) is 0 Å². The molecular weight excluding hydrogens is 305 g/mol. The molecule has 6 nitrogen and oxygen atoms in total. The van der Waals surface area contributed by atoms with Crippen LogP contribution in [0.1, 0.15) is 22.4 Å². The van der Waals surface area contributed by atoms with Gasteiger partial charge in [0.15, 0.2) is 0 Å². The number of benzene rings is 1. The number of hydrogen-bond donors (Lipinski definition) is 3. The van der Waals surface area contributed by atoms with Crippen molar-refractivity contribution in [2.24, 2.45) is 0 Å². The largest absolute Gasteiger partial charge is 0.505 e. The van der Waals surface area contributed by atoms with Gasteiger partial charge in [0.25, 0.3) is 0 Å². The minimum atomic E-state index is -4.59. The summed E-state index contributed by atoms with van der Waals surface area (Å²) in [6, 6.07) is 9.45. The molecule has 3 N–H and O–H groups in total. The quantitative estimate of drug-likeness (QED) is 0.732. The molecule has 0 saturated carbocycles. The first-order valence-corrected chi connectivity index (χ1v) is 8.00. The number of aryl methyl sites for hydroxylation is 1. The maximum absolute atomic E-state index is 10.8. The lowest BCUT2D eigenvalue weighted by Gasteiger charge is -2.11.